The number of rotatable bonds is 4. The van der Waals surface area contributed by atoms with Crippen LogP contribution < -0.4 is 10.5 Å². The van der Waals surface area contributed by atoms with Crippen molar-refractivity contribution in [3.8, 4) is 5.75 Å². The molecule has 1 aromatic rings. The number of hydrogen-bond donors (Lipinski definition) is 3. The Hall–Kier alpha value is -1.27. The summed E-state index contributed by atoms with van der Waals surface area (Å²) in [6, 6.07) is 3.93. The van der Waals surface area contributed by atoms with Crippen LogP contribution >= 0.6 is 0 Å². The summed E-state index contributed by atoms with van der Waals surface area (Å²) in [6.45, 7) is 2.57. The SMILES string of the molecule is CC1(CNS(=O)(=O)c2ccc(O)c(N)c2)CCCCC1. The molecule has 0 spiro atoms. The first-order valence-electron chi connectivity index (χ1n) is 6.91. The molecule has 2 rings (SSSR count). The second kappa shape index (κ2) is 5.61. The molecule has 20 heavy (non-hydrogen) atoms. The van der Waals surface area contributed by atoms with Crippen molar-refractivity contribution in [2.45, 2.75) is 43.9 Å². The molecule has 0 aliphatic heterocycles. The van der Waals surface area contributed by atoms with Gasteiger partial charge < -0.3 is 10.8 Å². The Morgan fingerprint density at radius 2 is 1.95 bits per heavy atom. The van der Waals surface area contributed by atoms with E-state index in [1.807, 2.05) is 0 Å². The molecule has 1 aliphatic carbocycles. The highest BCUT2D eigenvalue weighted by Crippen LogP contribution is 2.35. The predicted octanol–water partition coefficient (Wildman–Crippen LogP) is 2.22. The van der Waals surface area contributed by atoms with Crippen molar-refractivity contribution in [1.82, 2.24) is 4.72 Å². The van der Waals surface area contributed by atoms with Crippen molar-refractivity contribution in [3.05, 3.63) is 18.2 Å². The molecule has 0 atom stereocenters. The van der Waals surface area contributed by atoms with Crippen LogP contribution in [0.3, 0.4) is 0 Å². The molecule has 1 aliphatic rings. The van der Waals surface area contributed by atoms with Gasteiger partial charge in [0.2, 0.25) is 10.0 Å². The molecule has 1 fully saturated rings. The van der Waals surface area contributed by atoms with E-state index in [2.05, 4.69) is 11.6 Å². The lowest BCUT2D eigenvalue weighted by molar-refractivity contribution is 0.219. The summed E-state index contributed by atoms with van der Waals surface area (Å²) >= 11 is 0. The summed E-state index contributed by atoms with van der Waals surface area (Å²) in [4.78, 5) is 0.0900. The highest BCUT2D eigenvalue weighted by molar-refractivity contribution is 7.89. The van der Waals surface area contributed by atoms with E-state index in [0.29, 0.717) is 6.54 Å². The molecule has 0 heterocycles. The van der Waals surface area contributed by atoms with Gasteiger partial charge in [0.25, 0.3) is 0 Å². The van der Waals surface area contributed by atoms with Gasteiger partial charge in [-0.15, -0.1) is 0 Å². The van der Waals surface area contributed by atoms with Crippen LogP contribution in [-0.2, 0) is 10.0 Å². The van der Waals surface area contributed by atoms with Gasteiger partial charge in [-0.05, 0) is 36.5 Å². The van der Waals surface area contributed by atoms with Gasteiger partial charge in [0, 0.05) is 6.54 Å². The zero-order valence-corrected chi connectivity index (χ0v) is 12.5. The van der Waals surface area contributed by atoms with E-state index in [0.717, 1.165) is 25.7 Å². The average molecular weight is 298 g/mol. The Bertz CT molecular complexity index is 578. The van der Waals surface area contributed by atoms with Crippen molar-refractivity contribution >= 4 is 15.7 Å². The average Bonchev–Trinajstić information content (AvgIpc) is 2.41. The Balaban J connectivity index is 2.09. The smallest absolute Gasteiger partial charge is 0.240 e. The standard InChI is InChI=1S/C14H22N2O3S/c1-14(7-3-2-4-8-14)10-16-20(18,19)11-5-6-13(17)12(15)9-11/h5-6,9,16-17H,2-4,7-8,10,15H2,1H3. The summed E-state index contributed by atoms with van der Waals surface area (Å²) in [5.41, 5.74) is 5.64. The van der Waals surface area contributed by atoms with E-state index < -0.39 is 10.0 Å². The molecule has 1 saturated carbocycles. The monoisotopic (exact) mass is 298 g/mol. The number of nitrogens with two attached hydrogens (primary N) is 1. The summed E-state index contributed by atoms with van der Waals surface area (Å²) in [7, 11) is -3.58. The zero-order valence-electron chi connectivity index (χ0n) is 11.7. The maximum atomic E-state index is 12.2. The van der Waals surface area contributed by atoms with Crippen LogP contribution in [0.25, 0.3) is 0 Å². The predicted molar refractivity (Wildman–Crippen MR) is 78.9 cm³/mol. The van der Waals surface area contributed by atoms with Crippen LogP contribution in [0.5, 0.6) is 5.75 Å². The molecular formula is C14H22N2O3S. The lowest BCUT2D eigenvalue weighted by Crippen LogP contribution is -2.37. The lowest BCUT2D eigenvalue weighted by Gasteiger charge is -2.33. The Kier molecular flexibility index (Phi) is 4.25. The number of phenols is 1. The van der Waals surface area contributed by atoms with E-state index in [4.69, 9.17) is 5.73 Å². The largest absolute Gasteiger partial charge is 0.506 e. The van der Waals surface area contributed by atoms with Crippen molar-refractivity contribution in [3.63, 3.8) is 0 Å². The highest BCUT2D eigenvalue weighted by Gasteiger charge is 2.28. The minimum Gasteiger partial charge on any atom is -0.506 e. The van der Waals surface area contributed by atoms with Crippen molar-refractivity contribution in [1.29, 1.82) is 0 Å². The first-order valence-corrected chi connectivity index (χ1v) is 8.39. The van der Waals surface area contributed by atoms with Gasteiger partial charge in [-0.25, -0.2) is 13.1 Å². The third-order valence-electron chi connectivity index (χ3n) is 4.06. The molecule has 0 aromatic heterocycles. The quantitative estimate of drug-likeness (QED) is 0.587. The molecular weight excluding hydrogens is 276 g/mol. The van der Waals surface area contributed by atoms with Crippen LogP contribution in [0, 0.1) is 5.41 Å². The van der Waals surface area contributed by atoms with Crippen LogP contribution in [0.4, 0.5) is 5.69 Å². The number of phenolic OH excluding ortho intramolecular Hbond substituents is 1. The van der Waals surface area contributed by atoms with Gasteiger partial charge >= 0.3 is 0 Å². The normalized spacial score (nSPS) is 18.9. The number of nitrogens with one attached hydrogen (secondary N) is 1. The minimum atomic E-state index is -3.58. The first-order chi connectivity index (χ1) is 9.32. The first kappa shape index (κ1) is 15.1. The van der Waals surface area contributed by atoms with Gasteiger partial charge in [-0.2, -0.15) is 0 Å². The maximum absolute atomic E-state index is 12.2. The van der Waals surface area contributed by atoms with Crippen molar-refractivity contribution < 1.29 is 13.5 Å². The molecule has 112 valence electrons. The molecule has 0 saturated heterocycles. The van der Waals surface area contributed by atoms with Gasteiger partial charge in [0.15, 0.2) is 0 Å². The lowest BCUT2D eigenvalue weighted by atomic mass is 9.76. The Labute approximate surface area is 120 Å². The van der Waals surface area contributed by atoms with Crippen LogP contribution in [0.1, 0.15) is 39.0 Å². The maximum Gasteiger partial charge on any atom is 0.240 e. The Morgan fingerprint density at radius 1 is 1.30 bits per heavy atom. The molecule has 0 amide bonds. The van der Waals surface area contributed by atoms with E-state index in [1.165, 1.54) is 24.6 Å². The summed E-state index contributed by atoms with van der Waals surface area (Å²) < 4.78 is 27.1. The van der Waals surface area contributed by atoms with Gasteiger partial charge in [0.1, 0.15) is 5.75 Å². The molecule has 0 radical (unpaired) electrons. The van der Waals surface area contributed by atoms with Gasteiger partial charge in [-0.3, -0.25) is 0 Å². The zero-order chi connectivity index (χ0) is 14.8. The molecule has 1 aromatic carbocycles. The fourth-order valence-electron chi connectivity index (χ4n) is 2.63. The minimum absolute atomic E-state index is 0.0355. The fraction of sp³-hybridized carbons (Fsp3) is 0.571. The van der Waals surface area contributed by atoms with Gasteiger partial charge in [0.05, 0.1) is 10.6 Å². The van der Waals surface area contributed by atoms with Crippen LogP contribution in [0.2, 0.25) is 0 Å². The van der Waals surface area contributed by atoms with Crippen molar-refractivity contribution in [2.24, 2.45) is 5.41 Å². The third kappa shape index (κ3) is 3.43. The number of sulfonamides is 1. The van der Waals surface area contributed by atoms with E-state index in [9.17, 15) is 13.5 Å². The number of benzene rings is 1. The number of anilines is 1. The molecule has 0 bridgehead atoms. The topological polar surface area (TPSA) is 92.4 Å². The number of nitrogen functional groups attached to an aromatic ring is 1. The van der Waals surface area contributed by atoms with Crippen molar-refractivity contribution in [2.75, 3.05) is 12.3 Å². The summed E-state index contributed by atoms with van der Waals surface area (Å²) in [6.07, 6.45) is 5.64. The second-order valence-electron chi connectivity index (χ2n) is 5.92. The van der Waals surface area contributed by atoms with E-state index in [-0.39, 0.29) is 21.7 Å². The molecule has 0 unspecified atom stereocenters. The molecule has 6 heteroatoms. The fourth-order valence-corrected chi connectivity index (χ4v) is 3.87. The summed E-state index contributed by atoms with van der Waals surface area (Å²) in [5, 5.41) is 9.34. The highest BCUT2D eigenvalue weighted by atomic mass is 32.2. The second-order valence-corrected chi connectivity index (χ2v) is 7.68. The van der Waals surface area contributed by atoms with Gasteiger partial charge in [-0.1, -0.05) is 26.2 Å². The molecule has 4 N–H and O–H groups in total. The van der Waals surface area contributed by atoms with E-state index in [1.54, 1.807) is 0 Å². The molecule has 5 nitrogen and oxygen atoms in total. The number of hydrogen-bond acceptors (Lipinski definition) is 4. The third-order valence-corrected chi connectivity index (χ3v) is 5.46. The summed E-state index contributed by atoms with van der Waals surface area (Å²) in [5.74, 6) is -0.108. The van der Waals surface area contributed by atoms with Crippen LogP contribution in [-0.4, -0.2) is 20.1 Å². The van der Waals surface area contributed by atoms with E-state index >= 15 is 0 Å². The number of aromatic hydroxyl groups is 1. The van der Waals surface area contributed by atoms with Crippen LogP contribution in [0.15, 0.2) is 23.1 Å². The Morgan fingerprint density at radius 3 is 2.55 bits per heavy atom.